The second kappa shape index (κ2) is 10.7. The summed E-state index contributed by atoms with van der Waals surface area (Å²) in [6, 6.07) is 9.03. The van der Waals surface area contributed by atoms with E-state index in [1.165, 1.54) is 5.56 Å². The minimum atomic E-state index is 0. The molecule has 0 radical (unpaired) electrons. The van der Waals surface area contributed by atoms with Gasteiger partial charge in [0.25, 0.3) is 5.91 Å². The van der Waals surface area contributed by atoms with Gasteiger partial charge in [-0.25, -0.2) is 4.98 Å². The minimum absolute atomic E-state index is 0. The Morgan fingerprint density at radius 1 is 1.14 bits per heavy atom. The van der Waals surface area contributed by atoms with Crippen molar-refractivity contribution in [3.05, 3.63) is 40.9 Å². The molecule has 1 N–H and O–H groups in total. The second-order valence-corrected chi connectivity index (χ2v) is 8.65. The van der Waals surface area contributed by atoms with Gasteiger partial charge in [0, 0.05) is 56.3 Å². The maximum Gasteiger partial charge on any atom is 0.273 e. The Labute approximate surface area is 189 Å². The fourth-order valence-corrected chi connectivity index (χ4v) is 4.75. The molecule has 8 heteroatoms. The molecule has 0 bridgehead atoms. The van der Waals surface area contributed by atoms with Crippen molar-refractivity contribution in [3.8, 4) is 10.6 Å². The zero-order chi connectivity index (χ0) is 18.8. The highest BCUT2D eigenvalue weighted by Crippen LogP contribution is 2.27. The zero-order valence-corrected chi connectivity index (χ0v) is 19.4. The number of benzene rings is 1. The maximum absolute atomic E-state index is 12.9. The van der Waals surface area contributed by atoms with Gasteiger partial charge >= 0.3 is 0 Å². The smallest absolute Gasteiger partial charge is 0.273 e. The molecule has 1 unspecified atom stereocenters. The van der Waals surface area contributed by atoms with Crippen molar-refractivity contribution in [3.63, 3.8) is 0 Å². The number of nitrogens with zero attached hydrogens (tertiary/aromatic N) is 3. The number of hydrogen-bond acceptors (Lipinski definition) is 5. The summed E-state index contributed by atoms with van der Waals surface area (Å²) in [7, 11) is 0. The summed E-state index contributed by atoms with van der Waals surface area (Å²) in [5.74, 6) is 0.597. The lowest BCUT2D eigenvalue weighted by atomic mass is 10.0. The van der Waals surface area contributed by atoms with Crippen molar-refractivity contribution in [2.45, 2.75) is 32.2 Å². The van der Waals surface area contributed by atoms with Gasteiger partial charge in [0.2, 0.25) is 0 Å². The molecule has 1 amide bonds. The molecule has 5 nitrogen and oxygen atoms in total. The summed E-state index contributed by atoms with van der Waals surface area (Å²) in [5.41, 5.74) is 3.00. The van der Waals surface area contributed by atoms with E-state index in [0.717, 1.165) is 56.3 Å². The summed E-state index contributed by atoms with van der Waals surface area (Å²) in [5, 5.41) is 6.23. The third-order valence-corrected chi connectivity index (χ3v) is 6.56. The second-order valence-electron chi connectivity index (χ2n) is 7.79. The number of likely N-dealkylation sites (tertiary alicyclic amines) is 1. The number of thiazole rings is 1. The first kappa shape index (κ1) is 24.1. The van der Waals surface area contributed by atoms with Crippen LogP contribution in [0.3, 0.4) is 0 Å². The molecule has 2 saturated heterocycles. The van der Waals surface area contributed by atoms with Gasteiger partial charge in [0.1, 0.15) is 10.7 Å². The van der Waals surface area contributed by atoms with Gasteiger partial charge in [-0.05, 0) is 17.9 Å². The quantitative estimate of drug-likeness (QED) is 0.757. The van der Waals surface area contributed by atoms with Crippen LogP contribution >= 0.6 is 36.2 Å². The van der Waals surface area contributed by atoms with Crippen LogP contribution < -0.4 is 5.32 Å². The molecule has 2 aliphatic heterocycles. The Balaban J connectivity index is 0.00000150. The van der Waals surface area contributed by atoms with E-state index in [0.29, 0.717) is 17.7 Å². The lowest BCUT2D eigenvalue weighted by molar-refractivity contribution is 0.0768. The van der Waals surface area contributed by atoms with Crippen LogP contribution in [-0.4, -0.2) is 66.0 Å². The van der Waals surface area contributed by atoms with E-state index < -0.39 is 0 Å². The fourth-order valence-electron chi connectivity index (χ4n) is 3.95. The van der Waals surface area contributed by atoms with Crippen LogP contribution in [0, 0.1) is 0 Å². The van der Waals surface area contributed by atoms with Crippen molar-refractivity contribution in [2.75, 3.05) is 39.3 Å². The Bertz CT molecular complexity index is 790. The summed E-state index contributed by atoms with van der Waals surface area (Å²) in [6.45, 7) is 10.3. The molecule has 1 aromatic heterocycles. The Morgan fingerprint density at radius 3 is 2.48 bits per heavy atom. The molecule has 0 spiro atoms. The normalized spacial score (nSPS) is 19.7. The summed E-state index contributed by atoms with van der Waals surface area (Å²) < 4.78 is 0. The van der Waals surface area contributed by atoms with E-state index in [-0.39, 0.29) is 30.7 Å². The van der Waals surface area contributed by atoms with Crippen LogP contribution in [0.25, 0.3) is 10.6 Å². The number of nitrogens with one attached hydrogen (secondary N) is 1. The summed E-state index contributed by atoms with van der Waals surface area (Å²) >= 11 is 1.56. The van der Waals surface area contributed by atoms with E-state index in [2.05, 4.69) is 53.3 Å². The number of piperazine rings is 1. The van der Waals surface area contributed by atoms with E-state index in [4.69, 9.17) is 0 Å². The van der Waals surface area contributed by atoms with Crippen LogP contribution in [0.1, 0.15) is 42.2 Å². The largest absolute Gasteiger partial charge is 0.336 e. The molecule has 2 aromatic rings. The van der Waals surface area contributed by atoms with Crippen molar-refractivity contribution in [1.82, 2.24) is 20.1 Å². The molecule has 3 heterocycles. The standard InChI is InChI=1S/C21H28N4OS.2ClH/c1-15(2)16-3-5-17(6-4-16)20-23-19(14-27-20)21(26)25-10-7-18(13-25)24-11-8-22-9-12-24;;/h3-6,14-15,18,22H,7-13H2,1-2H3;2*1H. The van der Waals surface area contributed by atoms with Gasteiger partial charge in [-0.3, -0.25) is 9.69 Å². The number of aromatic nitrogens is 1. The number of rotatable bonds is 4. The van der Waals surface area contributed by atoms with Gasteiger partial charge in [-0.15, -0.1) is 36.2 Å². The molecule has 160 valence electrons. The molecule has 1 aromatic carbocycles. The Morgan fingerprint density at radius 2 is 1.83 bits per heavy atom. The molecular formula is C21H30Cl2N4OS. The van der Waals surface area contributed by atoms with Gasteiger partial charge in [-0.2, -0.15) is 0 Å². The molecule has 2 aliphatic rings. The first-order valence-electron chi connectivity index (χ1n) is 9.91. The monoisotopic (exact) mass is 456 g/mol. The summed E-state index contributed by atoms with van der Waals surface area (Å²) in [4.78, 5) is 22.0. The SMILES string of the molecule is CC(C)c1ccc(-c2nc(C(=O)N3CCC(N4CCNCC4)C3)cs2)cc1.Cl.Cl. The fraction of sp³-hybridized carbons (Fsp3) is 0.524. The van der Waals surface area contributed by atoms with E-state index in [1.807, 2.05) is 10.3 Å². The third-order valence-electron chi connectivity index (χ3n) is 5.67. The molecule has 0 aliphatic carbocycles. The zero-order valence-electron chi connectivity index (χ0n) is 17.0. The lowest BCUT2D eigenvalue weighted by Crippen LogP contribution is -2.49. The highest BCUT2D eigenvalue weighted by Gasteiger charge is 2.32. The van der Waals surface area contributed by atoms with E-state index in [9.17, 15) is 4.79 Å². The molecule has 29 heavy (non-hydrogen) atoms. The minimum Gasteiger partial charge on any atom is -0.336 e. The predicted octanol–water partition coefficient (Wildman–Crippen LogP) is 3.90. The molecule has 4 rings (SSSR count). The molecule has 2 fully saturated rings. The van der Waals surface area contributed by atoms with Crippen LogP contribution in [0.2, 0.25) is 0 Å². The predicted molar refractivity (Wildman–Crippen MR) is 125 cm³/mol. The van der Waals surface area contributed by atoms with Gasteiger partial charge in [0.05, 0.1) is 0 Å². The van der Waals surface area contributed by atoms with Gasteiger partial charge in [0.15, 0.2) is 0 Å². The molecular weight excluding hydrogens is 427 g/mol. The van der Waals surface area contributed by atoms with E-state index in [1.54, 1.807) is 11.3 Å². The number of halogens is 2. The molecule has 0 saturated carbocycles. The first-order chi connectivity index (χ1) is 13.1. The maximum atomic E-state index is 12.9. The highest BCUT2D eigenvalue weighted by atomic mass is 35.5. The van der Waals surface area contributed by atoms with E-state index >= 15 is 0 Å². The van der Waals surface area contributed by atoms with Crippen LogP contribution in [0.5, 0.6) is 0 Å². The topological polar surface area (TPSA) is 48.5 Å². The summed E-state index contributed by atoms with van der Waals surface area (Å²) in [6.07, 6.45) is 1.07. The third kappa shape index (κ3) is 5.50. The highest BCUT2D eigenvalue weighted by molar-refractivity contribution is 7.13. The average molecular weight is 457 g/mol. The van der Waals surface area contributed by atoms with Crippen molar-refractivity contribution in [2.24, 2.45) is 0 Å². The van der Waals surface area contributed by atoms with Gasteiger partial charge in [-0.1, -0.05) is 38.1 Å². The van der Waals surface area contributed by atoms with Crippen LogP contribution in [0.4, 0.5) is 0 Å². The average Bonchev–Trinajstić information content (AvgIpc) is 3.38. The first-order valence-corrected chi connectivity index (χ1v) is 10.8. The number of hydrogen-bond donors (Lipinski definition) is 1. The number of carbonyl (C=O) groups excluding carboxylic acids is 1. The van der Waals surface area contributed by atoms with Crippen LogP contribution in [-0.2, 0) is 0 Å². The van der Waals surface area contributed by atoms with Crippen molar-refractivity contribution in [1.29, 1.82) is 0 Å². The Hall–Kier alpha value is -1.18. The van der Waals surface area contributed by atoms with Crippen molar-refractivity contribution >= 4 is 42.1 Å². The Kier molecular flexibility index (Phi) is 8.91. The number of amides is 1. The molecule has 1 atom stereocenters. The number of carbonyl (C=O) groups is 1. The lowest BCUT2D eigenvalue weighted by Gasteiger charge is -2.32. The van der Waals surface area contributed by atoms with Crippen LogP contribution in [0.15, 0.2) is 29.6 Å². The van der Waals surface area contributed by atoms with Gasteiger partial charge < -0.3 is 10.2 Å². The van der Waals surface area contributed by atoms with Crippen molar-refractivity contribution < 1.29 is 4.79 Å².